The number of hydrogen-bond donors (Lipinski definition) is 2. The Hall–Kier alpha value is -0.770. The zero-order valence-electron chi connectivity index (χ0n) is 7.88. The van der Waals surface area contributed by atoms with Crippen LogP contribution in [0.5, 0.6) is 0 Å². The molecule has 1 unspecified atom stereocenters. The highest BCUT2D eigenvalue weighted by molar-refractivity contribution is 5.81. The van der Waals surface area contributed by atoms with Crippen LogP contribution in [-0.4, -0.2) is 38.8 Å². The largest absolute Gasteiger partial charge is 0.381 e. The molecule has 2 rings (SSSR count). The molecule has 0 aromatic carbocycles. The fraction of sp³-hybridized carbons (Fsp3) is 0.889. The molecule has 2 heterocycles. The number of rotatable bonds is 2. The van der Waals surface area contributed by atoms with Gasteiger partial charge < -0.3 is 15.4 Å². The van der Waals surface area contributed by atoms with Crippen molar-refractivity contribution >= 4 is 5.96 Å². The first-order valence-corrected chi connectivity index (χ1v) is 5.05. The van der Waals surface area contributed by atoms with Gasteiger partial charge in [-0.15, -0.1) is 0 Å². The summed E-state index contributed by atoms with van der Waals surface area (Å²) in [5.74, 6) is 1.63. The number of nitrogens with zero attached hydrogens (tertiary/aromatic N) is 1. The lowest BCUT2D eigenvalue weighted by atomic mass is 10.0. The van der Waals surface area contributed by atoms with Crippen LogP contribution in [0.2, 0.25) is 0 Å². The Kier molecular flexibility index (Phi) is 3.02. The zero-order valence-corrected chi connectivity index (χ0v) is 7.88. The molecule has 0 spiro atoms. The molecule has 0 amide bonds. The van der Waals surface area contributed by atoms with Gasteiger partial charge in [0.25, 0.3) is 0 Å². The Morgan fingerprint density at radius 2 is 2.62 bits per heavy atom. The van der Waals surface area contributed by atoms with Crippen molar-refractivity contribution in [1.82, 2.24) is 10.6 Å². The molecule has 1 saturated heterocycles. The fourth-order valence-electron chi connectivity index (χ4n) is 1.73. The summed E-state index contributed by atoms with van der Waals surface area (Å²) in [5, 5.41) is 6.50. The van der Waals surface area contributed by atoms with Gasteiger partial charge in [0.15, 0.2) is 5.96 Å². The van der Waals surface area contributed by atoms with Crippen LogP contribution in [0.25, 0.3) is 0 Å². The van der Waals surface area contributed by atoms with E-state index in [1.165, 1.54) is 12.8 Å². The van der Waals surface area contributed by atoms with Crippen LogP contribution < -0.4 is 10.6 Å². The molecule has 0 aromatic heterocycles. The highest BCUT2D eigenvalue weighted by Gasteiger charge is 2.14. The summed E-state index contributed by atoms with van der Waals surface area (Å²) in [6, 6.07) is 0. The predicted octanol–water partition coefficient (Wildman–Crippen LogP) is -0.0382. The van der Waals surface area contributed by atoms with E-state index in [0.29, 0.717) is 5.92 Å². The van der Waals surface area contributed by atoms with Gasteiger partial charge in [-0.3, -0.25) is 4.99 Å². The van der Waals surface area contributed by atoms with Gasteiger partial charge in [0.2, 0.25) is 0 Å². The van der Waals surface area contributed by atoms with E-state index < -0.39 is 0 Å². The van der Waals surface area contributed by atoms with Crippen LogP contribution in [0.1, 0.15) is 12.8 Å². The third-order valence-electron chi connectivity index (χ3n) is 2.49. The van der Waals surface area contributed by atoms with E-state index in [1.807, 2.05) is 0 Å². The summed E-state index contributed by atoms with van der Waals surface area (Å²) in [5.41, 5.74) is 0. The minimum Gasteiger partial charge on any atom is -0.381 e. The minimum absolute atomic E-state index is 0.666. The summed E-state index contributed by atoms with van der Waals surface area (Å²) < 4.78 is 5.40. The van der Waals surface area contributed by atoms with E-state index >= 15 is 0 Å². The van der Waals surface area contributed by atoms with Gasteiger partial charge in [0.1, 0.15) is 0 Å². The maximum absolute atomic E-state index is 5.40. The summed E-state index contributed by atoms with van der Waals surface area (Å²) >= 11 is 0. The molecule has 2 N–H and O–H groups in total. The third-order valence-corrected chi connectivity index (χ3v) is 2.49. The molecule has 0 saturated carbocycles. The Morgan fingerprint density at radius 3 is 3.31 bits per heavy atom. The topological polar surface area (TPSA) is 45.6 Å². The van der Waals surface area contributed by atoms with Gasteiger partial charge in [-0.05, 0) is 18.8 Å². The standard InChI is InChI=1S/C9H17N3O/c1-2-8(7-13-5-1)6-12-9-10-3-4-11-9/h8H,1-7H2,(H2,10,11,12). The molecular weight excluding hydrogens is 166 g/mol. The SMILES string of the molecule is C1COCC(CNC2=NCCN2)C1. The van der Waals surface area contributed by atoms with E-state index in [1.54, 1.807) is 0 Å². The minimum atomic E-state index is 0.666. The molecular formula is C9H17N3O. The van der Waals surface area contributed by atoms with Crippen LogP contribution in [0.15, 0.2) is 4.99 Å². The van der Waals surface area contributed by atoms with Crippen molar-refractivity contribution in [3.05, 3.63) is 0 Å². The van der Waals surface area contributed by atoms with E-state index in [-0.39, 0.29) is 0 Å². The monoisotopic (exact) mass is 183 g/mol. The van der Waals surface area contributed by atoms with Gasteiger partial charge in [0, 0.05) is 19.7 Å². The number of ether oxygens (including phenoxy) is 1. The summed E-state index contributed by atoms with van der Waals surface area (Å²) in [4.78, 5) is 4.27. The van der Waals surface area contributed by atoms with Crippen LogP contribution in [-0.2, 0) is 4.74 Å². The second-order valence-corrected chi connectivity index (χ2v) is 3.62. The van der Waals surface area contributed by atoms with E-state index in [9.17, 15) is 0 Å². The molecule has 2 aliphatic heterocycles. The molecule has 74 valence electrons. The van der Waals surface area contributed by atoms with Crippen molar-refractivity contribution in [2.75, 3.05) is 32.8 Å². The highest BCUT2D eigenvalue weighted by Crippen LogP contribution is 2.11. The number of hydrogen-bond acceptors (Lipinski definition) is 4. The molecule has 1 atom stereocenters. The molecule has 1 fully saturated rings. The van der Waals surface area contributed by atoms with Crippen molar-refractivity contribution in [3.8, 4) is 0 Å². The van der Waals surface area contributed by atoms with Crippen molar-refractivity contribution in [3.63, 3.8) is 0 Å². The lowest BCUT2D eigenvalue weighted by Crippen LogP contribution is -2.38. The lowest BCUT2D eigenvalue weighted by Gasteiger charge is -2.22. The first kappa shape index (κ1) is 8.81. The van der Waals surface area contributed by atoms with Crippen LogP contribution in [0.4, 0.5) is 0 Å². The third kappa shape index (κ3) is 2.59. The van der Waals surface area contributed by atoms with Crippen LogP contribution in [0.3, 0.4) is 0 Å². The molecule has 2 aliphatic rings. The van der Waals surface area contributed by atoms with Gasteiger partial charge >= 0.3 is 0 Å². The quantitative estimate of drug-likeness (QED) is 0.631. The maximum atomic E-state index is 5.40. The Labute approximate surface area is 78.8 Å². The first-order chi connectivity index (χ1) is 6.45. The summed E-state index contributed by atoms with van der Waals surface area (Å²) in [6.07, 6.45) is 2.48. The molecule has 0 radical (unpaired) electrons. The Bertz CT molecular complexity index is 187. The normalized spacial score (nSPS) is 28.0. The lowest BCUT2D eigenvalue weighted by molar-refractivity contribution is 0.0564. The number of guanidine groups is 1. The number of nitrogens with one attached hydrogen (secondary N) is 2. The number of aliphatic imine (C=N–C) groups is 1. The van der Waals surface area contributed by atoms with Gasteiger partial charge in [-0.2, -0.15) is 0 Å². The Balaban J connectivity index is 1.66. The molecule has 4 nitrogen and oxygen atoms in total. The van der Waals surface area contributed by atoms with Gasteiger partial charge in [-0.25, -0.2) is 0 Å². The average Bonchev–Trinajstić information content (AvgIpc) is 2.69. The molecule has 4 heteroatoms. The molecule has 0 aliphatic carbocycles. The van der Waals surface area contributed by atoms with Gasteiger partial charge in [0.05, 0.1) is 13.2 Å². The Morgan fingerprint density at radius 1 is 1.62 bits per heavy atom. The van der Waals surface area contributed by atoms with Crippen molar-refractivity contribution in [2.45, 2.75) is 12.8 Å². The van der Waals surface area contributed by atoms with Crippen molar-refractivity contribution in [2.24, 2.45) is 10.9 Å². The second-order valence-electron chi connectivity index (χ2n) is 3.62. The highest BCUT2D eigenvalue weighted by atomic mass is 16.5. The van der Waals surface area contributed by atoms with E-state index in [2.05, 4.69) is 15.6 Å². The summed E-state index contributed by atoms with van der Waals surface area (Å²) in [6.45, 7) is 4.72. The summed E-state index contributed by atoms with van der Waals surface area (Å²) in [7, 11) is 0. The molecule has 13 heavy (non-hydrogen) atoms. The molecule has 0 aromatic rings. The zero-order chi connectivity index (χ0) is 8.93. The van der Waals surface area contributed by atoms with Crippen molar-refractivity contribution < 1.29 is 4.74 Å². The van der Waals surface area contributed by atoms with E-state index in [4.69, 9.17) is 4.74 Å². The molecule has 0 bridgehead atoms. The van der Waals surface area contributed by atoms with Crippen molar-refractivity contribution in [1.29, 1.82) is 0 Å². The van der Waals surface area contributed by atoms with Crippen LogP contribution >= 0.6 is 0 Å². The fourth-order valence-corrected chi connectivity index (χ4v) is 1.73. The smallest absolute Gasteiger partial charge is 0.191 e. The first-order valence-electron chi connectivity index (χ1n) is 5.05. The van der Waals surface area contributed by atoms with Gasteiger partial charge in [-0.1, -0.05) is 0 Å². The second kappa shape index (κ2) is 4.46. The predicted molar refractivity (Wildman–Crippen MR) is 51.9 cm³/mol. The van der Waals surface area contributed by atoms with Crippen LogP contribution in [0, 0.1) is 5.92 Å². The maximum Gasteiger partial charge on any atom is 0.191 e. The average molecular weight is 183 g/mol. The van der Waals surface area contributed by atoms with E-state index in [0.717, 1.165) is 38.8 Å².